The highest BCUT2D eigenvalue weighted by atomic mass is 32.1. The molecule has 2 aromatic rings. The van der Waals surface area contributed by atoms with Crippen LogP contribution < -0.4 is 21.1 Å². The number of rotatable bonds is 7. The largest absolute Gasteiger partial charge is 0.497 e. The van der Waals surface area contributed by atoms with Gasteiger partial charge in [-0.1, -0.05) is 17.4 Å². The molecule has 2 atom stereocenters. The van der Waals surface area contributed by atoms with Crippen LogP contribution in [0.5, 0.6) is 5.75 Å². The molecule has 0 bridgehead atoms. The van der Waals surface area contributed by atoms with E-state index in [9.17, 15) is 14.0 Å². The van der Waals surface area contributed by atoms with Gasteiger partial charge in [0.25, 0.3) is 0 Å². The van der Waals surface area contributed by atoms with Gasteiger partial charge in [-0.2, -0.15) is 0 Å². The van der Waals surface area contributed by atoms with Crippen molar-refractivity contribution in [2.24, 2.45) is 5.73 Å². The van der Waals surface area contributed by atoms with Crippen LogP contribution in [0.1, 0.15) is 35.5 Å². The average molecular weight is 431 g/mol. The molecule has 3 rings (SSSR count). The number of carbonyl (C=O) groups is 2. The van der Waals surface area contributed by atoms with Gasteiger partial charge in [-0.05, 0) is 56.7 Å². The molecule has 1 amide bonds. The Morgan fingerprint density at radius 2 is 2.00 bits per heavy atom. The standard InChI is InChI=1S/C21H23FN4O3S/c1-12(19(24)28)26(21(2)10-8-14(22)9-11-21)20-25-18(23)17(30-20)16(27)13-4-6-15(29-3)7-5-13/h4-10,12H,11,23H2,1-3H3,(H2,24,28)/t12-,21?/m1/s1. The van der Waals surface area contributed by atoms with Crippen LogP contribution >= 0.6 is 11.3 Å². The molecule has 1 aromatic heterocycles. The molecule has 1 aliphatic rings. The summed E-state index contributed by atoms with van der Waals surface area (Å²) in [4.78, 5) is 31.3. The summed E-state index contributed by atoms with van der Waals surface area (Å²) < 4.78 is 18.7. The molecule has 9 heteroatoms. The smallest absolute Gasteiger partial charge is 0.239 e. The second-order valence-electron chi connectivity index (χ2n) is 7.20. The molecule has 0 radical (unpaired) electrons. The summed E-state index contributed by atoms with van der Waals surface area (Å²) in [6.07, 6.45) is 4.73. The number of methoxy groups -OCH3 is 1. The predicted octanol–water partition coefficient (Wildman–Crippen LogP) is 3.22. The number of hydrogen-bond acceptors (Lipinski definition) is 7. The summed E-state index contributed by atoms with van der Waals surface area (Å²) in [6, 6.07) is 5.89. The van der Waals surface area contributed by atoms with Gasteiger partial charge in [-0.3, -0.25) is 9.59 Å². The zero-order valence-corrected chi connectivity index (χ0v) is 17.7. The zero-order valence-electron chi connectivity index (χ0n) is 16.9. The van der Waals surface area contributed by atoms with Gasteiger partial charge in [0.2, 0.25) is 11.7 Å². The Hall–Kier alpha value is -3.20. The molecule has 0 saturated carbocycles. The molecule has 4 N–H and O–H groups in total. The number of amides is 1. The molecule has 158 valence electrons. The summed E-state index contributed by atoms with van der Waals surface area (Å²) in [5.41, 5.74) is 11.3. The van der Waals surface area contributed by atoms with Crippen LogP contribution in [0.25, 0.3) is 0 Å². The van der Waals surface area contributed by atoms with Crippen molar-refractivity contribution in [1.29, 1.82) is 0 Å². The number of primary amides is 1. The fourth-order valence-electron chi connectivity index (χ4n) is 3.29. The minimum Gasteiger partial charge on any atom is -0.497 e. The number of anilines is 2. The number of ether oxygens (including phenoxy) is 1. The summed E-state index contributed by atoms with van der Waals surface area (Å²) in [6.45, 7) is 3.48. The van der Waals surface area contributed by atoms with Crippen molar-refractivity contribution in [3.63, 3.8) is 0 Å². The quantitative estimate of drug-likeness (QED) is 0.653. The van der Waals surface area contributed by atoms with E-state index in [2.05, 4.69) is 4.98 Å². The lowest BCUT2D eigenvalue weighted by Gasteiger charge is -2.42. The highest BCUT2D eigenvalue weighted by molar-refractivity contribution is 7.18. The fraction of sp³-hybridized carbons (Fsp3) is 0.286. The maximum Gasteiger partial charge on any atom is 0.239 e. The van der Waals surface area contributed by atoms with Crippen molar-refractivity contribution in [2.75, 3.05) is 17.7 Å². The number of hydrogen-bond donors (Lipinski definition) is 2. The van der Waals surface area contributed by atoms with E-state index in [1.54, 1.807) is 49.3 Å². The maximum atomic E-state index is 13.5. The SMILES string of the molecule is COc1ccc(C(=O)c2sc(N([C@H](C)C(N)=O)C3(C)C=CC(F)=CC3)nc2N)cc1. The minimum absolute atomic E-state index is 0.0580. The van der Waals surface area contributed by atoms with E-state index in [1.165, 1.54) is 12.2 Å². The molecule has 1 aliphatic carbocycles. The lowest BCUT2D eigenvalue weighted by Crippen LogP contribution is -2.55. The van der Waals surface area contributed by atoms with Gasteiger partial charge < -0.3 is 21.1 Å². The summed E-state index contributed by atoms with van der Waals surface area (Å²) >= 11 is 1.07. The van der Waals surface area contributed by atoms with Gasteiger partial charge in [-0.15, -0.1) is 0 Å². The topological polar surface area (TPSA) is 112 Å². The predicted molar refractivity (Wildman–Crippen MR) is 115 cm³/mol. The number of nitrogens with two attached hydrogens (primary N) is 2. The van der Waals surface area contributed by atoms with Crippen LogP contribution in [0.4, 0.5) is 15.3 Å². The van der Waals surface area contributed by atoms with E-state index in [4.69, 9.17) is 16.2 Å². The zero-order chi connectivity index (χ0) is 22.1. The monoisotopic (exact) mass is 430 g/mol. The maximum absolute atomic E-state index is 13.5. The van der Waals surface area contributed by atoms with Crippen LogP contribution in [0.15, 0.2) is 48.3 Å². The van der Waals surface area contributed by atoms with E-state index >= 15 is 0 Å². The van der Waals surface area contributed by atoms with Gasteiger partial charge in [0, 0.05) is 5.56 Å². The third-order valence-corrected chi connectivity index (χ3v) is 6.14. The van der Waals surface area contributed by atoms with Gasteiger partial charge in [0.1, 0.15) is 28.3 Å². The molecule has 0 fully saturated rings. The van der Waals surface area contributed by atoms with E-state index in [0.29, 0.717) is 22.9 Å². The lowest BCUT2D eigenvalue weighted by atomic mass is 9.90. The van der Waals surface area contributed by atoms with Crippen molar-refractivity contribution < 1.29 is 18.7 Å². The van der Waals surface area contributed by atoms with Gasteiger partial charge in [-0.25, -0.2) is 9.37 Å². The van der Waals surface area contributed by atoms with Crippen LogP contribution in [-0.2, 0) is 4.79 Å². The molecule has 0 spiro atoms. The van der Waals surface area contributed by atoms with E-state index in [-0.39, 0.29) is 22.3 Å². The van der Waals surface area contributed by atoms with Gasteiger partial charge in [0.05, 0.1) is 12.6 Å². The van der Waals surface area contributed by atoms with E-state index < -0.39 is 17.5 Å². The number of halogens is 1. The first-order chi connectivity index (χ1) is 14.2. The van der Waals surface area contributed by atoms with Crippen molar-refractivity contribution in [3.05, 3.63) is 58.8 Å². The van der Waals surface area contributed by atoms with Crippen molar-refractivity contribution in [1.82, 2.24) is 4.98 Å². The fourth-order valence-corrected chi connectivity index (χ4v) is 4.44. The number of thiazole rings is 1. The third-order valence-electron chi connectivity index (χ3n) is 5.07. The minimum atomic E-state index is -0.769. The number of allylic oxidation sites excluding steroid dienone is 2. The number of carbonyl (C=O) groups excluding carboxylic acids is 2. The van der Waals surface area contributed by atoms with E-state index in [0.717, 1.165) is 11.3 Å². The Morgan fingerprint density at radius 1 is 1.33 bits per heavy atom. The lowest BCUT2D eigenvalue weighted by molar-refractivity contribution is -0.119. The first-order valence-electron chi connectivity index (χ1n) is 9.25. The Morgan fingerprint density at radius 3 is 2.53 bits per heavy atom. The Labute approximate surface area is 177 Å². The molecule has 7 nitrogen and oxygen atoms in total. The first kappa shape index (κ1) is 21.5. The Kier molecular flexibility index (Phi) is 5.93. The molecule has 0 aliphatic heterocycles. The van der Waals surface area contributed by atoms with E-state index in [1.807, 2.05) is 6.92 Å². The Balaban J connectivity index is 2.01. The Bertz CT molecular complexity index is 1030. The molecular formula is C21H23FN4O3S. The summed E-state index contributed by atoms with van der Waals surface area (Å²) in [5.74, 6) is -0.531. The van der Waals surface area contributed by atoms with Crippen LogP contribution in [0, 0.1) is 0 Å². The summed E-state index contributed by atoms with van der Waals surface area (Å²) in [7, 11) is 1.54. The molecule has 30 heavy (non-hydrogen) atoms. The number of ketones is 1. The molecule has 1 heterocycles. The van der Waals surface area contributed by atoms with Crippen molar-refractivity contribution >= 4 is 34.0 Å². The molecule has 0 saturated heterocycles. The number of aromatic nitrogens is 1. The van der Waals surface area contributed by atoms with Crippen LogP contribution in [0.3, 0.4) is 0 Å². The van der Waals surface area contributed by atoms with Gasteiger partial charge >= 0.3 is 0 Å². The second kappa shape index (κ2) is 8.27. The van der Waals surface area contributed by atoms with Gasteiger partial charge in [0.15, 0.2) is 5.13 Å². The van der Waals surface area contributed by atoms with Crippen molar-refractivity contribution in [2.45, 2.75) is 31.8 Å². The normalized spacial score (nSPS) is 19.1. The number of benzene rings is 1. The highest BCUT2D eigenvalue weighted by Gasteiger charge is 2.38. The number of nitrogens with zero attached hydrogens (tertiary/aromatic N) is 2. The third kappa shape index (κ3) is 4.06. The number of nitrogen functional groups attached to an aromatic ring is 1. The summed E-state index contributed by atoms with van der Waals surface area (Å²) in [5, 5.41) is 0.360. The molecular weight excluding hydrogens is 407 g/mol. The van der Waals surface area contributed by atoms with Crippen LogP contribution in [0.2, 0.25) is 0 Å². The van der Waals surface area contributed by atoms with Crippen molar-refractivity contribution in [3.8, 4) is 5.75 Å². The first-order valence-corrected chi connectivity index (χ1v) is 10.1. The second-order valence-corrected chi connectivity index (χ2v) is 8.18. The molecule has 1 unspecified atom stereocenters. The van der Waals surface area contributed by atoms with Crippen LogP contribution in [-0.4, -0.2) is 35.4 Å². The average Bonchev–Trinajstić information content (AvgIpc) is 3.10. The molecule has 1 aromatic carbocycles. The highest BCUT2D eigenvalue weighted by Crippen LogP contribution is 2.39.